The van der Waals surface area contributed by atoms with Gasteiger partial charge in [0, 0.05) is 17.4 Å². The molecule has 5 nitrogen and oxygen atoms in total. The van der Waals surface area contributed by atoms with Gasteiger partial charge < -0.3 is 0 Å². The van der Waals surface area contributed by atoms with Crippen molar-refractivity contribution in [3.05, 3.63) is 5.82 Å². The Bertz CT molecular complexity index is 418. The highest BCUT2D eigenvalue weighted by molar-refractivity contribution is 7.92. The fraction of sp³-hybridized carbons (Fsp3) is 0.714. The third-order valence-electron chi connectivity index (χ3n) is 1.54. The van der Waals surface area contributed by atoms with Crippen molar-refractivity contribution in [2.45, 2.75) is 13.8 Å². The molecule has 0 amide bonds. The van der Waals surface area contributed by atoms with Gasteiger partial charge in [-0.15, -0.1) is 11.6 Å². The van der Waals surface area contributed by atoms with Crippen LogP contribution in [0.1, 0.15) is 12.7 Å². The molecule has 0 radical (unpaired) electrons. The lowest BCUT2D eigenvalue weighted by atomic mass is 10.3. The van der Waals surface area contributed by atoms with E-state index < -0.39 is 10.0 Å². The molecule has 0 spiro atoms. The minimum Gasteiger partial charge on any atom is -0.257 e. The van der Waals surface area contributed by atoms with Crippen LogP contribution < -0.4 is 4.72 Å². The Morgan fingerprint density at radius 1 is 1.60 bits per heavy atom. The topological polar surface area (TPSA) is 72.0 Å². The highest BCUT2D eigenvalue weighted by Gasteiger charge is 2.16. The lowest BCUT2D eigenvalue weighted by molar-refractivity contribution is 0.588. The molecule has 1 aromatic heterocycles. The van der Waals surface area contributed by atoms with Crippen molar-refractivity contribution < 1.29 is 8.42 Å². The first kappa shape index (κ1) is 12.7. The second-order valence-electron chi connectivity index (χ2n) is 3.29. The SMILES string of the molecule is Cc1nsc(NS(=O)(=O)CC(C)CCl)n1. The quantitative estimate of drug-likeness (QED) is 0.822. The number of nitrogens with one attached hydrogen (secondary N) is 1. The van der Waals surface area contributed by atoms with Crippen molar-refractivity contribution in [3.63, 3.8) is 0 Å². The van der Waals surface area contributed by atoms with Gasteiger partial charge in [-0.1, -0.05) is 6.92 Å². The molecule has 1 rings (SSSR count). The van der Waals surface area contributed by atoms with Crippen LogP contribution in [0.3, 0.4) is 0 Å². The number of hydrogen-bond donors (Lipinski definition) is 1. The first-order valence-electron chi connectivity index (χ1n) is 4.29. The lowest BCUT2D eigenvalue weighted by Crippen LogP contribution is -2.22. The third kappa shape index (κ3) is 4.31. The Labute approximate surface area is 98.1 Å². The van der Waals surface area contributed by atoms with Crippen LogP contribution in [0.25, 0.3) is 0 Å². The molecule has 1 heterocycles. The molecule has 1 unspecified atom stereocenters. The molecule has 86 valence electrons. The van der Waals surface area contributed by atoms with Gasteiger partial charge in [-0.25, -0.2) is 13.4 Å². The maximum absolute atomic E-state index is 11.5. The lowest BCUT2D eigenvalue weighted by Gasteiger charge is -2.08. The summed E-state index contributed by atoms with van der Waals surface area (Å²) in [7, 11) is -3.36. The summed E-state index contributed by atoms with van der Waals surface area (Å²) < 4.78 is 29.3. The van der Waals surface area contributed by atoms with Crippen molar-refractivity contribution in [2.24, 2.45) is 5.92 Å². The molecule has 0 bridgehead atoms. The summed E-state index contributed by atoms with van der Waals surface area (Å²) in [6, 6.07) is 0. The van der Waals surface area contributed by atoms with Gasteiger partial charge in [-0.05, 0) is 12.8 Å². The summed E-state index contributed by atoms with van der Waals surface area (Å²) in [5, 5.41) is 0.300. The van der Waals surface area contributed by atoms with Gasteiger partial charge in [0.1, 0.15) is 5.82 Å². The maximum atomic E-state index is 11.5. The molecule has 0 aliphatic carbocycles. The van der Waals surface area contributed by atoms with Gasteiger partial charge in [0.25, 0.3) is 0 Å². The van der Waals surface area contributed by atoms with Gasteiger partial charge in [-0.2, -0.15) is 4.37 Å². The molecule has 1 N–H and O–H groups in total. The summed E-state index contributed by atoms with van der Waals surface area (Å²) in [5.41, 5.74) is 0. The molecule has 0 aliphatic rings. The van der Waals surface area contributed by atoms with E-state index in [9.17, 15) is 8.42 Å². The molecule has 0 saturated heterocycles. The number of hydrogen-bond acceptors (Lipinski definition) is 5. The van der Waals surface area contributed by atoms with Crippen LogP contribution in [-0.2, 0) is 10.0 Å². The van der Waals surface area contributed by atoms with E-state index in [2.05, 4.69) is 14.1 Å². The number of aromatic nitrogens is 2. The minimum atomic E-state index is -3.36. The van der Waals surface area contributed by atoms with E-state index in [1.54, 1.807) is 13.8 Å². The van der Waals surface area contributed by atoms with Gasteiger partial charge >= 0.3 is 0 Å². The molecule has 0 aromatic carbocycles. The maximum Gasteiger partial charge on any atom is 0.234 e. The number of nitrogens with zero attached hydrogens (tertiary/aromatic N) is 2. The van der Waals surface area contributed by atoms with Crippen LogP contribution in [0, 0.1) is 12.8 Å². The van der Waals surface area contributed by atoms with E-state index in [-0.39, 0.29) is 11.7 Å². The van der Waals surface area contributed by atoms with Crippen molar-refractivity contribution in [3.8, 4) is 0 Å². The first-order chi connectivity index (χ1) is 6.93. The number of anilines is 1. The Balaban J connectivity index is 2.64. The van der Waals surface area contributed by atoms with Crippen LogP contribution in [0.4, 0.5) is 5.13 Å². The van der Waals surface area contributed by atoms with E-state index in [1.807, 2.05) is 0 Å². The van der Waals surface area contributed by atoms with E-state index >= 15 is 0 Å². The van der Waals surface area contributed by atoms with Crippen molar-refractivity contribution in [1.82, 2.24) is 9.36 Å². The smallest absolute Gasteiger partial charge is 0.234 e. The predicted molar refractivity (Wildman–Crippen MR) is 61.9 cm³/mol. The number of halogens is 1. The van der Waals surface area contributed by atoms with Gasteiger partial charge in [0.2, 0.25) is 15.2 Å². The normalized spacial score (nSPS) is 13.8. The van der Waals surface area contributed by atoms with Gasteiger partial charge in [-0.3, -0.25) is 4.72 Å². The summed E-state index contributed by atoms with van der Waals surface area (Å²) in [5.74, 6) is 0.784. The molecular weight excluding hydrogens is 258 g/mol. The second-order valence-corrected chi connectivity index (χ2v) is 6.12. The summed E-state index contributed by atoms with van der Waals surface area (Å²) in [6.45, 7) is 3.48. The van der Waals surface area contributed by atoms with Crippen molar-refractivity contribution >= 4 is 38.3 Å². The first-order valence-corrected chi connectivity index (χ1v) is 7.25. The third-order valence-corrected chi connectivity index (χ3v) is 4.43. The van der Waals surface area contributed by atoms with Crippen LogP contribution in [0.5, 0.6) is 0 Å². The van der Waals surface area contributed by atoms with Crippen molar-refractivity contribution in [1.29, 1.82) is 0 Å². The molecule has 0 fully saturated rings. The number of sulfonamides is 1. The van der Waals surface area contributed by atoms with E-state index in [0.717, 1.165) is 11.5 Å². The Hall–Kier alpha value is -0.400. The standard InChI is InChI=1S/C7H12ClN3O2S2/c1-5(3-8)4-15(12,13)11-7-9-6(2)10-14-7/h5H,3-4H2,1-2H3,(H,9,10,11). The number of rotatable bonds is 5. The van der Waals surface area contributed by atoms with E-state index in [1.165, 1.54) is 0 Å². The fourth-order valence-electron chi connectivity index (χ4n) is 0.932. The van der Waals surface area contributed by atoms with Gasteiger partial charge in [0.05, 0.1) is 5.75 Å². The second kappa shape index (κ2) is 5.09. The Morgan fingerprint density at radius 2 is 2.27 bits per heavy atom. The fourth-order valence-corrected chi connectivity index (χ4v) is 3.40. The molecule has 8 heteroatoms. The van der Waals surface area contributed by atoms with Crippen molar-refractivity contribution in [2.75, 3.05) is 16.4 Å². The van der Waals surface area contributed by atoms with Crippen LogP contribution in [0.15, 0.2) is 0 Å². The monoisotopic (exact) mass is 269 g/mol. The van der Waals surface area contributed by atoms with Crippen LogP contribution in [0.2, 0.25) is 0 Å². The minimum absolute atomic E-state index is 0.00483. The Morgan fingerprint density at radius 3 is 2.73 bits per heavy atom. The average molecular weight is 270 g/mol. The molecule has 15 heavy (non-hydrogen) atoms. The molecule has 1 atom stereocenters. The van der Waals surface area contributed by atoms with E-state index in [0.29, 0.717) is 16.8 Å². The zero-order valence-corrected chi connectivity index (χ0v) is 10.8. The Kier molecular flexibility index (Phi) is 4.30. The largest absolute Gasteiger partial charge is 0.257 e. The average Bonchev–Trinajstić information content (AvgIpc) is 2.49. The predicted octanol–water partition coefficient (Wildman–Crippen LogP) is 1.46. The van der Waals surface area contributed by atoms with Gasteiger partial charge in [0.15, 0.2) is 0 Å². The number of aryl methyl sites for hydroxylation is 1. The molecule has 0 aliphatic heterocycles. The highest BCUT2D eigenvalue weighted by Crippen LogP contribution is 2.13. The zero-order valence-electron chi connectivity index (χ0n) is 8.40. The number of alkyl halides is 1. The molecule has 0 saturated carbocycles. The van der Waals surface area contributed by atoms with Crippen LogP contribution in [-0.4, -0.2) is 29.4 Å². The summed E-state index contributed by atoms with van der Waals surface area (Å²) in [4.78, 5) is 3.91. The summed E-state index contributed by atoms with van der Waals surface area (Å²) in [6.07, 6.45) is 0. The molecular formula is C7H12ClN3O2S2. The highest BCUT2D eigenvalue weighted by atomic mass is 35.5. The van der Waals surface area contributed by atoms with E-state index in [4.69, 9.17) is 11.6 Å². The zero-order chi connectivity index (χ0) is 11.5. The summed E-state index contributed by atoms with van der Waals surface area (Å²) >= 11 is 6.57. The van der Waals surface area contributed by atoms with Crippen LogP contribution >= 0.6 is 23.1 Å². The molecule has 1 aromatic rings.